The number of piperidine rings is 1. The molecular formula is C18H34N2O3S. The number of rotatable bonds is 5. The summed E-state index contributed by atoms with van der Waals surface area (Å²) in [6.07, 6.45) is 9.03. The molecule has 0 unspecified atom stereocenters. The molecule has 0 radical (unpaired) electrons. The summed E-state index contributed by atoms with van der Waals surface area (Å²) in [4.78, 5) is 2.41. The van der Waals surface area contributed by atoms with Crippen LogP contribution in [0.3, 0.4) is 0 Å². The third-order valence-corrected chi connectivity index (χ3v) is 8.67. The smallest absolute Gasteiger partial charge is 0.214 e. The monoisotopic (exact) mass is 358 g/mol. The number of sulfonamides is 1. The van der Waals surface area contributed by atoms with Gasteiger partial charge in [0.05, 0.1) is 11.4 Å². The van der Waals surface area contributed by atoms with Gasteiger partial charge in [-0.1, -0.05) is 6.92 Å². The van der Waals surface area contributed by atoms with Crippen molar-refractivity contribution in [1.29, 1.82) is 0 Å². The number of nitrogens with zero attached hydrogens (tertiary/aromatic N) is 2. The highest BCUT2D eigenvalue weighted by Crippen LogP contribution is 2.48. The minimum absolute atomic E-state index is 0.273. The summed E-state index contributed by atoms with van der Waals surface area (Å²) in [7, 11) is -3.05. The van der Waals surface area contributed by atoms with Gasteiger partial charge in [0.25, 0.3) is 0 Å². The Kier molecular flexibility index (Phi) is 5.60. The maximum Gasteiger partial charge on any atom is 0.214 e. The van der Waals surface area contributed by atoms with Gasteiger partial charge in [0.2, 0.25) is 10.0 Å². The summed E-state index contributed by atoms with van der Waals surface area (Å²) in [5, 5.41) is 10.9. The van der Waals surface area contributed by atoms with Crippen molar-refractivity contribution in [2.24, 2.45) is 5.41 Å². The SMILES string of the molecule is CCCS(=O)(=O)N1CCC2(CC1)CCC(O)(CN1CCCC1)CC2. The normalized spacial score (nSPS) is 28.4. The van der Waals surface area contributed by atoms with E-state index in [0.29, 0.717) is 19.5 Å². The van der Waals surface area contributed by atoms with Gasteiger partial charge >= 0.3 is 0 Å². The van der Waals surface area contributed by atoms with Crippen LogP contribution in [0, 0.1) is 5.41 Å². The second kappa shape index (κ2) is 7.22. The van der Waals surface area contributed by atoms with E-state index in [0.717, 1.165) is 58.2 Å². The van der Waals surface area contributed by atoms with Crippen LogP contribution in [0.2, 0.25) is 0 Å². The van der Waals surface area contributed by atoms with Gasteiger partial charge in [0.15, 0.2) is 0 Å². The van der Waals surface area contributed by atoms with Crippen LogP contribution in [0.1, 0.15) is 64.7 Å². The first-order chi connectivity index (χ1) is 11.4. The number of aliphatic hydroxyl groups is 1. The molecule has 6 heteroatoms. The lowest BCUT2D eigenvalue weighted by Crippen LogP contribution is -2.50. The summed E-state index contributed by atoms with van der Waals surface area (Å²) in [5.74, 6) is 0.273. The molecule has 140 valence electrons. The standard InChI is InChI=1S/C18H34N2O3S/c1-2-15-24(22,23)20-13-9-17(10-14-20)5-7-18(21,8-6-17)16-19-11-3-4-12-19/h21H,2-16H2,1H3. The van der Waals surface area contributed by atoms with Gasteiger partial charge < -0.3 is 10.0 Å². The molecule has 1 spiro atoms. The average molecular weight is 359 g/mol. The Morgan fingerprint density at radius 1 is 0.917 bits per heavy atom. The third-order valence-electron chi connectivity index (χ3n) is 6.60. The zero-order valence-electron chi connectivity index (χ0n) is 15.2. The third kappa shape index (κ3) is 4.14. The molecule has 2 saturated heterocycles. The van der Waals surface area contributed by atoms with Gasteiger partial charge in [-0.15, -0.1) is 0 Å². The summed E-state index contributed by atoms with van der Waals surface area (Å²) < 4.78 is 26.2. The Morgan fingerprint density at radius 3 is 2.04 bits per heavy atom. The predicted molar refractivity (Wildman–Crippen MR) is 96.4 cm³/mol. The fourth-order valence-corrected chi connectivity index (χ4v) is 6.40. The summed E-state index contributed by atoms with van der Waals surface area (Å²) in [5.41, 5.74) is -0.240. The number of hydrogen-bond donors (Lipinski definition) is 1. The maximum atomic E-state index is 12.2. The zero-order valence-corrected chi connectivity index (χ0v) is 16.0. The Balaban J connectivity index is 1.51. The van der Waals surface area contributed by atoms with Gasteiger partial charge in [-0.05, 0) is 76.3 Å². The van der Waals surface area contributed by atoms with Crippen molar-refractivity contribution in [3.8, 4) is 0 Å². The molecule has 0 aromatic carbocycles. The molecule has 2 aliphatic heterocycles. The van der Waals surface area contributed by atoms with Gasteiger partial charge in [0.1, 0.15) is 0 Å². The van der Waals surface area contributed by atoms with Gasteiger partial charge in [-0.2, -0.15) is 0 Å². The van der Waals surface area contributed by atoms with Crippen LogP contribution < -0.4 is 0 Å². The minimum Gasteiger partial charge on any atom is -0.389 e. The highest BCUT2D eigenvalue weighted by molar-refractivity contribution is 7.89. The highest BCUT2D eigenvalue weighted by Gasteiger charge is 2.45. The minimum atomic E-state index is -3.05. The van der Waals surface area contributed by atoms with E-state index in [-0.39, 0.29) is 11.2 Å². The number of likely N-dealkylation sites (tertiary alicyclic amines) is 1. The second-order valence-corrected chi connectivity index (χ2v) is 10.5. The van der Waals surface area contributed by atoms with Crippen LogP contribution >= 0.6 is 0 Å². The Hall–Kier alpha value is -0.170. The molecule has 3 fully saturated rings. The van der Waals surface area contributed by atoms with Crippen molar-refractivity contribution in [3.05, 3.63) is 0 Å². The quantitative estimate of drug-likeness (QED) is 0.818. The van der Waals surface area contributed by atoms with E-state index in [2.05, 4.69) is 4.90 Å². The van der Waals surface area contributed by atoms with E-state index in [9.17, 15) is 13.5 Å². The number of β-amino-alcohol motifs (C(OH)–C–C–N with tert-alkyl or cyclic N) is 1. The maximum absolute atomic E-state index is 12.2. The summed E-state index contributed by atoms with van der Waals surface area (Å²) in [6.45, 7) is 6.38. The largest absolute Gasteiger partial charge is 0.389 e. The van der Waals surface area contributed by atoms with E-state index in [1.165, 1.54) is 12.8 Å². The molecule has 3 aliphatic rings. The fraction of sp³-hybridized carbons (Fsp3) is 1.00. The molecule has 0 atom stereocenters. The molecule has 1 N–H and O–H groups in total. The van der Waals surface area contributed by atoms with Crippen LogP contribution in [-0.4, -0.2) is 66.8 Å². The molecule has 0 aromatic heterocycles. The average Bonchev–Trinajstić information content (AvgIpc) is 3.04. The van der Waals surface area contributed by atoms with Crippen LogP contribution in [0.4, 0.5) is 0 Å². The lowest BCUT2D eigenvalue weighted by atomic mass is 9.64. The first kappa shape index (κ1) is 18.6. The van der Waals surface area contributed by atoms with Crippen molar-refractivity contribution in [2.45, 2.75) is 70.3 Å². The second-order valence-electron chi connectivity index (χ2n) is 8.42. The van der Waals surface area contributed by atoms with Crippen molar-refractivity contribution >= 4 is 10.0 Å². The van der Waals surface area contributed by atoms with E-state index in [1.807, 2.05) is 6.92 Å². The first-order valence-electron chi connectivity index (χ1n) is 9.79. The van der Waals surface area contributed by atoms with Gasteiger partial charge in [0, 0.05) is 19.6 Å². The molecule has 1 aliphatic carbocycles. The topological polar surface area (TPSA) is 60.9 Å². The van der Waals surface area contributed by atoms with E-state index < -0.39 is 15.6 Å². The van der Waals surface area contributed by atoms with Gasteiger partial charge in [-0.3, -0.25) is 0 Å². The van der Waals surface area contributed by atoms with Crippen LogP contribution in [0.5, 0.6) is 0 Å². The molecule has 3 rings (SSSR count). The number of hydrogen-bond acceptors (Lipinski definition) is 4. The van der Waals surface area contributed by atoms with E-state index in [4.69, 9.17) is 0 Å². The van der Waals surface area contributed by atoms with Crippen molar-refractivity contribution in [3.63, 3.8) is 0 Å². The fourth-order valence-electron chi connectivity index (χ4n) is 4.89. The van der Waals surface area contributed by atoms with Crippen molar-refractivity contribution in [1.82, 2.24) is 9.21 Å². The van der Waals surface area contributed by atoms with Crippen LogP contribution in [-0.2, 0) is 10.0 Å². The van der Waals surface area contributed by atoms with Crippen molar-refractivity contribution < 1.29 is 13.5 Å². The Labute approximate surface area is 147 Å². The Morgan fingerprint density at radius 2 is 1.50 bits per heavy atom. The molecule has 24 heavy (non-hydrogen) atoms. The van der Waals surface area contributed by atoms with E-state index >= 15 is 0 Å². The lowest BCUT2D eigenvalue weighted by Gasteiger charge is -2.48. The first-order valence-corrected chi connectivity index (χ1v) is 11.4. The van der Waals surface area contributed by atoms with E-state index in [1.54, 1.807) is 4.31 Å². The summed E-state index contributed by atoms with van der Waals surface area (Å²) in [6, 6.07) is 0. The molecular weight excluding hydrogens is 324 g/mol. The molecule has 0 aromatic rings. The molecule has 0 bridgehead atoms. The molecule has 5 nitrogen and oxygen atoms in total. The molecule has 0 amide bonds. The van der Waals surface area contributed by atoms with Crippen molar-refractivity contribution in [2.75, 3.05) is 38.5 Å². The van der Waals surface area contributed by atoms with Crippen LogP contribution in [0.25, 0.3) is 0 Å². The predicted octanol–water partition coefficient (Wildman–Crippen LogP) is 2.21. The van der Waals surface area contributed by atoms with Gasteiger partial charge in [-0.25, -0.2) is 12.7 Å². The summed E-state index contributed by atoms with van der Waals surface area (Å²) >= 11 is 0. The highest BCUT2D eigenvalue weighted by atomic mass is 32.2. The molecule has 2 heterocycles. The Bertz CT molecular complexity index is 510. The zero-order chi connectivity index (χ0) is 17.3. The van der Waals surface area contributed by atoms with Crippen LogP contribution in [0.15, 0.2) is 0 Å². The molecule has 1 saturated carbocycles. The lowest BCUT2D eigenvalue weighted by molar-refractivity contribution is -0.0625.